The van der Waals surface area contributed by atoms with Crippen LogP contribution < -0.4 is 5.32 Å². The number of thiazole rings is 1. The molecule has 0 aliphatic heterocycles. The van der Waals surface area contributed by atoms with E-state index < -0.39 is 0 Å². The zero-order valence-electron chi connectivity index (χ0n) is 11.9. The van der Waals surface area contributed by atoms with Gasteiger partial charge >= 0.3 is 0 Å². The Labute approximate surface area is 136 Å². The van der Waals surface area contributed by atoms with Gasteiger partial charge < -0.3 is 5.32 Å². The first-order chi connectivity index (χ1) is 10.8. The zero-order chi connectivity index (χ0) is 15.2. The first-order valence-electron chi connectivity index (χ1n) is 6.92. The van der Waals surface area contributed by atoms with Crippen LogP contribution in [0.4, 0.5) is 0 Å². The number of pyridine rings is 1. The first-order valence-corrected chi connectivity index (χ1v) is 8.68. The number of carbonyl (C=O) groups is 1. The Morgan fingerprint density at radius 3 is 2.86 bits per heavy atom. The predicted octanol–water partition coefficient (Wildman–Crippen LogP) is 3.05. The summed E-state index contributed by atoms with van der Waals surface area (Å²) < 4.78 is 0. The lowest BCUT2D eigenvalue weighted by atomic mass is 10.3. The molecule has 3 heterocycles. The Hall–Kier alpha value is -2.05. The van der Waals surface area contributed by atoms with Crippen molar-refractivity contribution in [3.63, 3.8) is 0 Å². The van der Waals surface area contributed by atoms with Gasteiger partial charge in [0.25, 0.3) is 0 Å². The third-order valence-electron chi connectivity index (χ3n) is 3.04. The molecule has 0 spiro atoms. The number of hydrogen-bond acceptors (Lipinski definition) is 5. The molecule has 0 aromatic carbocycles. The lowest BCUT2D eigenvalue weighted by molar-refractivity contribution is -0.120. The van der Waals surface area contributed by atoms with Gasteiger partial charge in [-0.25, -0.2) is 4.98 Å². The molecule has 1 N–H and O–H groups in total. The van der Waals surface area contributed by atoms with Gasteiger partial charge in [-0.1, -0.05) is 12.1 Å². The van der Waals surface area contributed by atoms with Gasteiger partial charge in [-0.3, -0.25) is 9.78 Å². The molecule has 0 saturated heterocycles. The highest BCUT2D eigenvalue weighted by Crippen LogP contribution is 2.14. The highest BCUT2D eigenvalue weighted by molar-refractivity contribution is 7.10. The van der Waals surface area contributed by atoms with Gasteiger partial charge in [0, 0.05) is 28.6 Å². The van der Waals surface area contributed by atoms with Crippen LogP contribution in [0.25, 0.3) is 0 Å². The molecule has 22 heavy (non-hydrogen) atoms. The smallest absolute Gasteiger partial charge is 0.226 e. The molecule has 3 aromatic rings. The van der Waals surface area contributed by atoms with Gasteiger partial charge in [-0.05, 0) is 23.6 Å². The summed E-state index contributed by atoms with van der Waals surface area (Å²) in [6.07, 6.45) is 2.81. The van der Waals surface area contributed by atoms with E-state index in [9.17, 15) is 4.79 Å². The Morgan fingerprint density at radius 1 is 1.14 bits per heavy atom. The molecular formula is C16H15N3OS2. The van der Waals surface area contributed by atoms with Gasteiger partial charge in [-0.2, -0.15) is 0 Å². The third-order valence-corrected chi connectivity index (χ3v) is 4.81. The number of nitrogens with zero attached hydrogens (tertiary/aromatic N) is 2. The number of rotatable bonds is 6. The zero-order valence-corrected chi connectivity index (χ0v) is 13.5. The van der Waals surface area contributed by atoms with Crippen molar-refractivity contribution < 1.29 is 4.79 Å². The molecule has 0 unspecified atom stereocenters. The second-order valence-electron chi connectivity index (χ2n) is 4.76. The van der Waals surface area contributed by atoms with Gasteiger partial charge in [0.1, 0.15) is 0 Å². The minimum atomic E-state index is 0.00286. The molecule has 0 fully saturated rings. The molecule has 0 aliphatic carbocycles. The molecule has 0 radical (unpaired) electrons. The molecule has 1 amide bonds. The molecular weight excluding hydrogens is 314 g/mol. The molecule has 0 bridgehead atoms. The van der Waals surface area contributed by atoms with Crippen molar-refractivity contribution in [3.05, 3.63) is 68.6 Å². The maximum absolute atomic E-state index is 11.9. The van der Waals surface area contributed by atoms with Crippen molar-refractivity contribution in [2.45, 2.75) is 19.4 Å². The Kier molecular flexibility index (Phi) is 4.92. The van der Waals surface area contributed by atoms with Crippen molar-refractivity contribution in [2.75, 3.05) is 0 Å². The fraction of sp³-hybridized carbons (Fsp3) is 0.188. The summed E-state index contributed by atoms with van der Waals surface area (Å²) in [4.78, 5) is 21.9. The van der Waals surface area contributed by atoms with Gasteiger partial charge in [-0.15, -0.1) is 22.7 Å². The van der Waals surface area contributed by atoms with Crippen LogP contribution in [-0.4, -0.2) is 15.9 Å². The molecule has 112 valence electrons. The van der Waals surface area contributed by atoms with Gasteiger partial charge in [0.15, 0.2) is 0 Å². The largest absolute Gasteiger partial charge is 0.351 e. The third kappa shape index (κ3) is 4.22. The molecule has 4 nitrogen and oxygen atoms in total. The van der Waals surface area contributed by atoms with Crippen molar-refractivity contribution >= 4 is 28.6 Å². The summed E-state index contributed by atoms with van der Waals surface area (Å²) in [6, 6.07) is 9.84. The number of carbonyl (C=O) groups excluding carboxylic acids is 1. The Bertz CT molecular complexity index is 723. The SMILES string of the molecule is O=C(Cc1csc(Cc2ccccn2)n1)NCc1cccs1. The number of aromatic nitrogens is 2. The van der Waals surface area contributed by atoms with Crippen molar-refractivity contribution in [3.8, 4) is 0 Å². The highest BCUT2D eigenvalue weighted by Gasteiger charge is 2.08. The summed E-state index contributed by atoms with van der Waals surface area (Å²) in [6.45, 7) is 0.585. The van der Waals surface area contributed by atoms with Crippen LogP contribution >= 0.6 is 22.7 Å². The number of amides is 1. The fourth-order valence-corrected chi connectivity index (χ4v) is 3.45. The van der Waals surface area contributed by atoms with E-state index in [4.69, 9.17) is 0 Å². The van der Waals surface area contributed by atoms with Crippen LogP contribution in [0.5, 0.6) is 0 Å². The fourth-order valence-electron chi connectivity index (χ4n) is 1.99. The summed E-state index contributed by atoms with van der Waals surface area (Å²) in [7, 11) is 0. The number of nitrogens with one attached hydrogen (secondary N) is 1. The molecule has 3 rings (SSSR count). The first kappa shape index (κ1) is 14.9. The molecule has 6 heteroatoms. The van der Waals surface area contributed by atoms with Crippen molar-refractivity contribution in [1.29, 1.82) is 0 Å². The van der Waals surface area contributed by atoms with Crippen LogP contribution in [-0.2, 0) is 24.2 Å². The van der Waals surface area contributed by atoms with E-state index in [0.717, 1.165) is 21.3 Å². The van der Waals surface area contributed by atoms with E-state index in [2.05, 4.69) is 15.3 Å². The van der Waals surface area contributed by atoms with Crippen molar-refractivity contribution in [2.24, 2.45) is 0 Å². The van der Waals surface area contributed by atoms with Crippen molar-refractivity contribution in [1.82, 2.24) is 15.3 Å². The molecule has 0 saturated carbocycles. The average molecular weight is 329 g/mol. The van der Waals surface area contributed by atoms with E-state index in [0.29, 0.717) is 19.4 Å². The summed E-state index contributed by atoms with van der Waals surface area (Å²) in [5.74, 6) is 0.00286. The van der Waals surface area contributed by atoms with Crippen LogP contribution in [0, 0.1) is 0 Å². The van der Waals surface area contributed by atoms with E-state index in [-0.39, 0.29) is 5.91 Å². The maximum atomic E-state index is 11.9. The van der Waals surface area contributed by atoms with Crippen LogP contribution in [0.3, 0.4) is 0 Å². The lowest BCUT2D eigenvalue weighted by Gasteiger charge is -2.01. The van der Waals surface area contributed by atoms with E-state index in [1.54, 1.807) is 28.9 Å². The van der Waals surface area contributed by atoms with Crippen LogP contribution in [0.2, 0.25) is 0 Å². The number of thiophene rings is 1. The number of hydrogen-bond donors (Lipinski definition) is 1. The standard InChI is InChI=1S/C16H15N3OS2/c20-15(18-10-14-5-3-7-21-14)8-13-11-22-16(19-13)9-12-4-1-2-6-17-12/h1-7,11H,8-10H2,(H,18,20). The van der Waals surface area contributed by atoms with Crippen LogP contribution in [0.15, 0.2) is 47.3 Å². The maximum Gasteiger partial charge on any atom is 0.226 e. The second-order valence-corrected chi connectivity index (χ2v) is 6.74. The van der Waals surface area contributed by atoms with E-state index in [1.807, 2.05) is 41.1 Å². The summed E-state index contributed by atoms with van der Waals surface area (Å²) in [5, 5.41) is 7.86. The molecule has 3 aromatic heterocycles. The minimum Gasteiger partial charge on any atom is -0.351 e. The average Bonchev–Trinajstić information content (AvgIpc) is 3.18. The van der Waals surface area contributed by atoms with E-state index >= 15 is 0 Å². The topological polar surface area (TPSA) is 54.9 Å². The summed E-state index contributed by atoms with van der Waals surface area (Å²) >= 11 is 3.21. The normalized spacial score (nSPS) is 10.5. The Balaban J connectivity index is 1.51. The van der Waals surface area contributed by atoms with E-state index in [1.165, 1.54) is 0 Å². The predicted molar refractivity (Wildman–Crippen MR) is 89.0 cm³/mol. The quantitative estimate of drug-likeness (QED) is 0.756. The summed E-state index contributed by atoms with van der Waals surface area (Å²) in [5.41, 5.74) is 1.81. The second kappa shape index (κ2) is 7.29. The van der Waals surface area contributed by atoms with Gasteiger partial charge in [0.2, 0.25) is 5.91 Å². The van der Waals surface area contributed by atoms with Crippen LogP contribution in [0.1, 0.15) is 21.3 Å². The highest BCUT2D eigenvalue weighted by atomic mass is 32.1. The Morgan fingerprint density at radius 2 is 2.09 bits per heavy atom. The lowest BCUT2D eigenvalue weighted by Crippen LogP contribution is -2.24. The van der Waals surface area contributed by atoms with Gasteiger partial charge in [0.05, 0.1) is 23.7 Å². The molecule has 0 aliphatic rings. The minimum absolute atomic E-state index is 0.00286. The monoisotopic (exact) mass is 329 g/mol. The molecule has 0 atom stereocenters.